The molecule has 83 heavy (non-hydrogen) atoms. The number of carbonyl (C=O) groups excluding carboxylic acids is 5. The van der Waals surface area contributed by atoms with Crippen molar-refractivity contribution < 1.29 is 57.5 Å². The molecule has 3 fully saturated rings. The fourth-order valence-electron chi connectivity index (χ4n) is 8.91. The third-order valence-electron chi connectivity index (χ3n) is 13.7. The summed E-state index contributed by atoms with van der Waals surface area (Å²) in [5, 5.41) is 8.94. The van der Waals surface area contributed by atoms with Gasteiger partial charge in [-0.2, -0.15) is 0 Å². The summed E-state index contributed by atoms with van der Waals surface area (Å²) in [6.07, 6.45) is 18.8. The van der Waals surface area contributed by atoms with Crippen molar-refractivity contribution in [1.29, 1.82) is 0 Å². The van der Waals surface area contributed by atoms with Crippen LogP contribution in [-0.2, 0) is 43.8 Å². The molecule has 0 bridgehead atoms. The molecule has 0 aliphatic heterocycles. The second kappa shape index (κ2) is 35.3. The van der Waals surface area contributed by atoms with Gasteiger partial charge in [-0.25, -0.2) is 19.2 Å². The normalized spacial score (nSPS) is 15.0. The van der Waals surface area contributed by atoms with Crippen LogP contribution < -0.4 is 14.2 Å². The van der Waals surface area contributed by atoms with E-state index in [0.29, 0.717) is 39.7 Å². The maximum absolute atomic E-state index is 11.8. The molecule has 3 aliphatic rings. The molecule has 4 aromatic rings. The Bertz CT molecular complexity index is 2740. The number of phenolic OH excluding ortho intramolecular Hbond substituents is 1. The Morgan fingerprint density at radius 2 is 0.880 bits per heavy atom. The van der Waals surface area contributed by atoms with Crippen LogP contribution in [-0.4, -0.2) is 51.8 Å². The van der Waals surface area contributed by atoms with Crippen molar-refractivity contribution in [1.82, 2.24) is 0 Å². The Hall–Kier alpha value is -7.73. The second-order valence-corrected chi connectivity index (χ2v) is 22.9. The monoisotopic (exact) mass is 1140 g/mol. The molecule has 12 heteroatoms. The Labute approximate surface area is 496 Å². The van der Waals surface area contributed by atoms with Crippen molar-refractivity contribution >= 4 is 42.0 Å². The van der Waals surface area contributed by atoms with Crippen LogP contribution in [0.15, 0.2) is 165 Å². The van der Waals surface area contributed by atoms with Gasteiger partial charge in [-0.3, -0.25) is 4.79 Å². The minimum Gasteiger partial charge on any atom is -0.508 e. The summed E-state index contributed by atoms with van der Waals surface area (Å²) in [5.74, 6) is 0.853. The molecule has 0 radical (unpaired) electrons. The molecular weight excluding hydrogens is 1040 g/mol. The topological polar surface area (TPSA) is 161 Å². The highest BCUT2D eigenvalue weighted by molar-refractivity contribution is 5.89. The largest absolute Gasteiger partial charge is 0.508 e. The van der Waals surface area contributed by atoms with Crippen LogP contribution in [0.25, 0.3) is 12.2 Å². The van der Waals surface area contributed by atoms with Gasteiger partial charge in [-0.1, -0.05) is 133 Å². The zero-order chi connectivity index (χ0) is 62.4. The van der Waals surface area contributed by atoms with Gasteiger partial charge < -0.3 is 33.5 Å². The molecule has 3 saturated carbocycles. The molecule has 3 aliphatic carbocycles. The first kappa shape index (κ1) is 71.4. The molecule has 0 heterocycles. The van der Waals surface area contributed by atoms with Crippen LogP contribution in [0.3, 0.4) is 0 Å². The smallest absolute Gasteiger partial charge is 0.338 e. The SMILES string of the molecule is C=C(C)C(=O)OC1(C(C)C)CCCCC1.C=C(C)C(=O)OC1(C)CCCCC1.C=C(C)C(=O)OC1(c2ccccc2)CCCC1.C=C(C)C(=O)Oc1ccc(O)cc1.C=Cc1ccc(OC(C)(C)C)cc1.C=Cc1ccc(OC(C)=O)cc1. The van der Waals surface area contributed by atoms with Gasteiger partial charge in [0, 0.05) is 29.2 Å². The minimum atomic E-state index is -0.467. The summed E-state index contributed by atoms with van der Waals surface area (Å²) < 4.78 is 32.2. The van der Waals surface area contributed by atoms with Crippen LogP contribution in [0, 0.1) is 5.92 Å². The molecule has 0 aromatic heterocycles. The number of aromatic hydroxyl groups is 1. The molecule has 0 atom stereocenters. The standard InChI is InChI=1S/C15H18O2.C13H22O2.C12H16O.C11H18O2.C10H10O3.C10H10O2/c1-12(2)14(16)17-15(10-6-7-11-15)13-8-4-3-5-9-13;1-10(2)12(14)15-13(11(3)4)8-6-5-7-9-13;1-5-10-6-8-11(9-7-10)13-12(2,3)4;1-9(2)10(12)13-11(3)7-5-4-6-8-11;1-7(2)10(12)13-9-5-3-8(11)4-6-9;1-3-9-4-6-10(7-5-9)12-8(2)11/h3-5,8-9H,1,6-7,10-11H2,2H3;11H,1,5-9H2,2-4H3;5-9H,1H2,2-4H3;1,4-8H2,2-3H3;3-6,11H,1H2,2H3;3-7H,1H2,2H3. The van der Waals surface area contributed by atoms with E-state index < -0.39 is 11.6 Å². The van der Waals surface area contributed by atoms with Crippen LogP contribution in [0.1, 0.15) is 183 Å². The van der Waals surface area contributed by atoms with E-state index in [4.69, 9.17) is 33.5 Å². The lowest BCUT2D eigenvalue weighted by molar-refractivity contribution is -0.164. The van der Waals surface area contributed by atoms with E-state index in [0.717, 1.165) is 73.8 Å². The number of benzene rings is 4. The molecule has 1 N–H and O–H groups in total. The number of hydrogen-bond acceptors (Lipinski definition) is 12. The first-order valence-electron chi connectivity index (χ1n) is 28.7. The Kier molecular flexibility index (Phi) is 30.4. The van der Waals surface area contributed by atoms with E-state index in [9.17, 15) is 24.0 Å². The van der Waals surface area contributed by atoms with Crippen molar-refractivity contribution in [3.8, 4) is 23.0 Å². The first-order valence-corrected chi connectivity index (χ1v) is 28.7. The van der Waals surface area contributed by atoms with Crippen molar-refractivity contribution in [2.75, 3.05) is 0 Å². The molecular formula is C71H94O12. The van der Waals surface area contributed by atoms with Gasteiger partial charge >= 0.3 is 29.8 Å². The number of esters is 5. The summed E-state index contributed by atoms with van der Waals surface area (Å²) in [7, 11) is 0. The van der Waals surface area contributed by atoms with E-state index >= 15 is 0 Å². The van der Waals surface area contributed by atoms with Crippen molar-refractivity contribution in [3.63, 3.8) is 0 Å². The number of phenols is 1. The van der Waals surface area contributed by atoms with Crippen molar-refractivity contribution in [2.45, 2.75) is 188 Å². The molecule has 0 spiro atoms. The maximum Gasteiger partial charge on any atom is 0.338 e. The fraction of sp³-hybridized carbons (Fsp3) is 0.423. The minimum absolute atomic E-state index is 0.129. The third-order valence-corrected chi connectivity index (χ3v) is 13.7. The number of carbonyl (C=O) groups is 5. The summed E-state index contributed by atoms with van der Waals surface area (Å²) in [6.45, 7) is 42.1. The average Bonchev–Trinajstić information content (AvgIpc) is 3.98. The van der Waals surface area contributed by atoms with Crippen molar-refractivity contribution in [3.05, 3.63) is 182 Å². The van der Waals surface area contributed by atoms with E-state index in [-0.39, 0.29) is 46.4 Å². The van der Waals surface area contributed by atoms with Crippen molar-refractivity contribution in [2.24, 2.45) is 5.92 Å². The predicted molar refractivity (Wildman–Crippen MR) is 335 cm³/mol. The quantitative estimate of drug-likeness (QED) is 0.0551. The second-order valence-electron chi connectivity index (χ2n) is 22.9. The van der Waals surface area contributed by atoms with Crippen LogP contribution >= 0.6 is 0 Å². The first-order chi connectivity index (χ1) is 39.0. The third kappa shape index (κ3) is 27.3. The molecule has 450 valence electrons. The van der Waals surface area contributed by atoms with Gasteiger partial charge in [0.25, 0.3) is 0 Å². The van der Waals surface area contributed by atoms with Crippen LogP contribution in [0.4, 0.5) is 0 Å². The highest BCUT2D eigenvalue weighted by atomic mass is 16.6. The van der Waals surface area contributed by atoms with Gasteiger partial charge in [0.1, 0.15) is 45.4 Å². The van der Waals surface area contributed by atoms with E-state index in [1.54, 1.807) is 45.9 Å². The van der Waals surface area contributed by atoms with Crippen LogP contribution in [0.2, 0.25) is 0 Å². The number of ether oxygens (including phenoxy) is 6. The number of rotatable bonds is 14. The summed E-state index contributed by atoms with van der Waals surface area (Å²) in [4.78, 5) is 56.2. The predicted octanol–water partition coefficient (Wildman–Crippen LogP) is 17.5. The zero-order valence-electron chi connectivity index (χ0n) is 51.6. The van der Waals surface area contributed by atoms with Gasteiger partial charge in [0.05, 0.1) is 0 Å². The lowest BCUT2D eigenvalue weighted by Gasteiger charge is -2.40. The lowest BCUT2D eigenvalue weighted by atomic mass is 9.77. The molecule has 12 nitrogen and oxygen atoms in total. The average molecular weight is 1140 g/mol. The van der Waals surface area contributed by atoms with Gasteiger partial charge in [0.15, 0.2) is 0 Å². The van der Waals surface area contributed by atoms with E-state index in [1.807, 2.05) is 101 Å². The molecule has 0 saturated heterocycles. The Morgan fingerprint density at radius 3 is 1.29 bits per heavy atom. The molecule has 0 unspecified atom stereocenters. The van der Waals surface area contributed by atoms with Crippen LogP contribution in [0.5, 0.6) is 23.0 Å². The van der Waals surface area contributed by atoms with E-state index in [1.165, 1.54) is 69.7 Å². The summed E-state index contributed by atoms with van der Waals surface area (Å²) >= 11 is 0. The summed E-state index contributed by atoms with van der Waals surface area (Å²) in [6, 6.07) is 31.0. The molecule has 0 amide bonds. The lowest BCUT2D eigenvalue weighted by Crippen LogP contribution is -2.42. The maximum atomic E-state index is 11.8. The summed E-state index contributed by atoms with van der Waals surface area (Å²) in [5.41, 5.74) is 4.02. The Balaban J connectivity index is 0.000000341. The van der Waals surface area contributed by atoms with Gasteiger partial charge in [-0.05, 0) is 204 Å². The fourth-order valence-corrected chi connectivity index (χ4v) is 8.91. The zero-order valence-corrected chi connectivity index (χ0v) is 51.6. The highest BCUT2D eigenvalue weighted by Crippen LogP contribution is 2.43. The highest BCUT2D eigenvalue weighted by Gasteiger charge is 2.40. The molecule has 4 aromatic carbocycles. The number of hydrogen-bond donors (Lipinski definition) is 1. The van der Waals surface area contributed by atoms with Gasteiger partial charge in [0.2, 0.25) is 0 Å². The van der Waals surface area contributed by atoms with Gasteiger partial charge in [-0.15, -0.1) is 0 Å². The van der Waals surface area contributed by atoms with E-state index in [2.05, 4.69) is 53.3 Å². The molecule has 7 rings (SSSR count). The Morgan fingerprint density at radius 1 is 0.494 bits per heavy atom.